The normalized spacial score (nSPS) is 17.6. The van der Waals surface area contributed by atoms with Gasteiger partial charge in [-0.15, -0.1) is 0 Å². The highest BCUT2D eigenvalue weighted by Crippen LogP contribution is 2.34. The van der Waals surface area contributed by atoms with E-state index in [1.165, 1.54) is 6.07 Å². The van der Waals surface area contributed by atoms with Gasteiger partial charge in [-0.2, -0.15) is 0 Å². The number of pyridine rings is 2. The summed E-state index contributed by atoms with van der Waals surface area (Å²) >= 11 is 0. The van der Waals surface area contributed by atoms with Crippen LogP contribution in [0.4, 0.5) is 14.6 Å². The average molecular weight is 532 g/mol. The van der Waals surface area contributed by atoms with E-state index < -0.39 is 11.6 Å². The Labute approximate surface area is 225 Å². The molecule has 39 heavy (non-hydrogen) atoms. The first-order valence-electron chi connectivity index (χ1n) is 13.5. The third-order valence-electron chi connectivity index (χ3n) is 7.96. The van der Waals surface area contributed by atoms with Gasteiger partial charge in [-0.05, 0) is 68.6 Å². The van der Waals surface area contributed by atoms with Crippen LogP contribution in [0.25, 0.3) is 22.6 Å². The number of rotatable bonds is 5. The van der Waals surface area contributed by atoms with Crippen LogP contribution >= 0.6 is 0 Å². The number of hydrogen-bond acceptors (Lipinski definition) is 6. The molecule has 1 aromatic carbocycles. The Morgan fingerprint density at radius 3 is 2.41 bits per heavy atom. The summed E-state index contributed by atoms with van der Waals surface area (Å²) in [6.45, 7) is 3.77. The van der Waals surface area contributed by atoms with Crippen LogP contribution in [-0.2, 0) is 11.3 Å². The smallest absolute Gasteiger partial charge is 0.225 e. The topological polar surface area (TPSA) is 93.2 Å². The molecule has 0 bridgehead atoms. The highest BCUT2D eigenvalue weighted by atomic mass is 19.2. The number of nitrogens with zero attached hydrogens (tertiary/aromatic N) is 6. The minimum absolute atomic E-state index is 0.00411. The standard InChI is InChI=1S/C29H31F2N7O/c30-22-16-25-26(17-23(22)31)38(28(35-25)24-3-1-2-9-33-24)21-7-13-37(14-8-21)29(39)20-5-11-36(12-6-20)18-19-4-10-34-27(32)15-19/h1-4,9-10,15-17,20-21H,5-8,11-14,18H2,(H2,32,34). The summed E-state index contributed by atoms with van der Waals surface area (Å²) < 4.78 is 30.2. The van der Waals surface area contributed by atoms with E-state index in [1.807, 2.05) is 39.8 Å². The Bertz CT molecular complexity index is 1480. The molecule has 2 saturated heterocycles. The number of halogens is 2. The molecule has 10 heteroatoms. The highest BCUT2D eigenvalue weighted by Gasteiger charge is 2.32. The van der Waals surface area contributed by atoms with Gasteiger partial charge in [0.2, 0.25) is 5.91 Å². The fourth-order valence-electron chi connectivity index (χ4n) is 5.93. The van der Waals surface area contributed by atoms with Gasteiger partial charge in [0.15, 0.2) is 17.5 Å². The summed E-state index contributed by atoms with van der Waals surface area (Å²) in [5.41, 5.74) is 8.53. The maximum atomic E-state index is 14.3. The Morgan fingerprint density at radius 2 is 1.69 bits per heavy atom. The van der Waals surface area contributed by atoms with Crippen molar-refractivity contribution < 1.29 is 13.6 Å². The first kappa shape index (κ1) is 25.4. The average Bonchev–Trinajstić information content (AvgIpc) is 3.32. The van der Waals surface area contributed by atoms with Crippen molar-refractivity contribution in [1.29, 1.82) is 0 Å². The van der Waals surface area contributed by atoms with Crippen LogP contribution in [0, 0.1) is 17.6 Å². The first-order chi connectivity index (χ1) is 19.0. The van der Waals surface area contributed by atoms with Gasteiger partial charge in [0, 0.05) is 56.1 Å². The Morgan fingerprint density at radius 1 is 0.923 bits per heavy atom. The third-order valence-corrected chi connectivity index (χ3v) is 7.96. The zero-order valence-corrected chi connectivity index (χ0v) is 21.6. The molecule has 4 aromatic rings. The number of carbonyl (C=O) groups excluding carboxylic acids is 1. The summed E-state index contributed by atoms with van der Waals surface area (Å²) in [5, 5.41) is 0. The van der Waals surface area contributed by atoms with Gasteiger partial charge < -0.3 is 15.2 Å². The molecule has 0 aliphatic carbocycles. The molecule has 0 unspecified atom stereocenters. The molecule has 0 spiro atoms. The van der Waals surface area contributed by atoms with E-state index in [9.17, 15) is 13.6 Å². The lowest BCUT2D eigenvalue weighted by Gasteiger charge is -2.38. The number of piperidine rings is 2. The molecular weight excluding hydrogens is 500 g/mol. The van der Waals surface area contributed by atoms with Crippen LogP contribution in [0.2, 0.25) is 0 Å². The highest BCUT2D eigenvalue weighted by molar-refractivity contribution is 5.81. The van der Waals surface area contributed by atoms with Gasteiger partial charge in [-0.1, -0.05) is 6.07 Å². The lowest BCUT2D eigenvalue weighted by atomic mass is 9.93. The summed E-state index contributed by atoms with van der Waals surface area (Å²) in [6.07, 6.45) is 6.49. The van der Waals surface area contributed by atoms with Crippen LogP contribution in [0.3, 0.4) is 0 Å². The van der Waals surface area contributed by atoms with E-state index in [4.69, 9.17) is 5.73 Å². The van der Waals surface area contributed by atoms with Crippen molar-refractivity contribution in [3.05, 3.63) is 72.1 Å². The lowest BCUT2D eigenvalue weighted by molar-refractivity contribution is -0.138. The zero-order valence-electron chi connectivity index (χ0n) is 21.6. The van der Waals surface area contributed by atoms with Crippen molar-refractivity contribution in [2.24, 2.45) is 5.92 Å². The van der Waals surface area contributed by atoms with Crippen molar-refractivity contribution >= 4 is 22.8 Å². The largest absolute Gasteiger partial charge is 0.384 e. The maximum Gasteiger partial charge on any atom is 0.225 e. The summed E-state index contributed by atoms with van der Waals surface area (Å²) in [6, 6.07) is 11.8. The van der Waals surface area contributed by atoms with E-state index in [0.717, 1.165) is 44.1 Å². The predicted molar refractivity (Wildman–Crippen MR) is 144 cm³/mol. The second-order valence-electron chi connectivity index (χ2n) is 10.5. The van der Waals surface area contributed by atoms with Gasteiger partial charge in [-0.25, -0.2) is 18.7 Å². The number of benzene rings is 1. The van der Waals surface area contributed by atoms with E-state index in [2.05, 4.69) is 19.9 Å². The molecule has 2 fully saturated rings. The molecular formula is C29H31F2N7O. The first-order valence-corrected chi connectivity index (χ1v) is 13.5. The van der Waals surface area contributed by atoms with Crippen LogP contribution in [0.1, 0.15) is 37.3 Å². The molecule has 5 heterocycles. The summed E-state index contributed by atoms with van der Waals surface area (Å²) in [4.78, 5) is 30.8. The van der Waals surface area contributed by atoms with Crippen molar-refractivity contribution in [3.8, 4) is 11.5 Å². The molecule has 0 saturated carbocycles. The summed E-state index contributed by atoms with van der Waals surface area (Å²) in [5.74, 6) is -0.471. The van der Waals surface area contributed by atoms with E-state index in [-0.39, 0.29) is 17.9 Å². The monoisotopic (exact) mass is 531 g/mol. The van der Waals surface area contributed by atoms with E-state index in [0.29, 0.717) is 54.3 Å². The lowest BCUT2D eigenvalue weighted by Crippen LogP contribution is -2.45. The van der Waals surface area contributed by atoms with Crippen molar-refractivity contribution in [3.63, 3.8) is 0 Å². The predicted octanol–water partition coefficient (Wildman–Crippen LogP) is 4.43. The van der Waals surface area contributed by atoms with E-state index >= 15 is 0 Å². The SMILES string of the molecule is Nc1cc(CN2CCC(C(=O)N3CCC(n4c(-c5ccccn5)nc5cc(F)c(F)cc54)CC3)CC2)ccn1. The Hall–Kier alpha value is -3.92. The van der Waals surface area contributed by atoms with E-state index in [1.54, 1.807) is 12.4 Å². The van der Waals surface area contributed by atoms with Crippen molar-refractivity contribution in [2.75, 3.05) is 31.9 Å². The Kier molecular flexibility index (Phi) is 6.95. The van der Waals surface area contributed by atoms with Gasteiger partial charge >= 0.3 is 0 Å². The molecule has 1 amide bonds. The summed E-state index contributed by atoms with van der Waals surface area (Å²) in [7, 11) is 0. The zero-order chi connectivity index (χ0) is 26.9. The van der Waals surface area contributed by atoms with Gasteiger partial charge in [-0.3, -0.25) is 14.7 Å². The number of amides is 1. The molecule has 202 valence electrons. The molecule has 6 rings (SSSR count). The number of carbonyl (C=O) groups is 1. The number of imidazole rings is 1. The minimum Gasteiger partial charge on any atom is -0.384 e. The molecule has 8 nitrogen and oxygen atoms in total. The number of aromatic nitrogens is 4. The van der Waals surface area contributed by atoms with Crippen LogP contribution in [0.5, 0.6) is 0 Å². The van der Waals surface area contributed by atoms with Gasteiger partial charge in [0.1, 0.15) is 11.5 Å². The van der Waals surface area contributed by atoms with Crippen LogP contribution in [0.15, 0.2) is 54.9 Å². The maximum absolute atomic E-state index is 14.3. The quantitative estimate of drug-likeness (QED) is 0.410. The molecule has 0 atom stereocenters. The number of likely N-dealkylation sites (tertiary alicyclic amines) is 2. The van der Waals surface area contributed by atoms with Crippen molar-refractivity contribution in [1.82, 2.24) is 29.3 Å². The second kappa shape index (κ2) is 10.7. The Balaban J connectivity index is 1.12. The molecule has 3 aromatic heterocycles. The molecule has 2 N–H and O–H groups in total. The molecule has 2 aliphatic heterocycles. The molecule has 2 aliphatic rings. The van der Waals surface area contributed by atoms with Gasteiger partial charge in [0.25, 0.3) is 0 Å². The minimum atomic E-state index is -0.920. The second-order valence-corrected chi connectivity index (χ2v) is 10.5. The van der Waals surface area contributed by atoms with Crippen LogP contribution in [-0.4, -0.2) is 61.4 Å². The number of nitrogen functional groups attached to an aromatic ring is 1. The fraction of sp³-hybridized carbons (Fsp3) is 0.379. The number of hydrogen-bond donors (Lipinski definition) is 1. The van der Waals surface area contributed by atoms with Crippen molar-refractivity contribution in [2.45, 2.75) is 38.3 Å². The number of nitrogens with two attached hydrogens (primary N) is 1. The molecule has 0 radical (unpaired) electrons. The van der Waals surface area contributed by atoms with Crippen LogP contribution < -0.4 is 5.73 Å². The fourth-order valence-corrected chi connectivity index (χ4v) is 5.93. The van der Waals surface area contributed by atoms with Gasteiger partial charge in [0.05, 0.1) is 11.0 Å². The number of fused-ring (bicyclic) bond motifs is 1. The third kappa shape index (κ3) is 5.21. The number of anilines is 1.